The zero-order valence-corrected chi connectivity index (χ0v) is 22.4. The van der Waals surface area contributed by atoms with Crippen LogP contribution in [-0.4, -0.2) is 32.5 Å². The van der Waals surface area contributed by atoms with Gasteiger partial charge in [0.1, 0.15) is 39.0 Å². The van der Waals surface area contributed by atoms with E-state index in [9.17, 15) is 24.6 Å². The number of hydrogen-bond acceptors (Lipinski definition) is 9. The van der Waals surface area contributed by atoms with E-state index in [1.807, 2.05) is 36.6 Å². The van der Waals surface area contributed by atoms with Crippen molar-refractivity contribution in [2.75, 3.05) is 0 Å². The Kier molecular flexibility index (Phi) is 5.99. The van der Waals surface area contributed by atoms with Crippen molar-refractivity contribution in [2.45, 2.75) is 46.6 Å². The molecule has 0 fully saturated rings. The predicted octanol–water partition coefficient (Wildman–Crippen LogP) is 4.79. The summed E-state index contributed by atoms with van der Waals surface area (Å²) >= 11 is 1.56. The van der Waals surface area contributed by atoms with Gasteiger partial charge < -0.3 is 20.3 Å². The number of aromatic nitrogens is 1. The molecule has 9 heteroatoms. The van der Waals surface area contributed by atoms with Gasteiger partial charge in [0.15, 0.2) is 17.3 Å². The highest BCUT2D eigenvalue weighted by Gasteiger charge is 2.56. The van der Waals surface area contributed by atoms with Crippen molar-refractivity contribution in [1.82, 2.24) is 10.3 Å². The van der Waals surface area contributed by atoms with E-state index in [0.717, 1.165) is 21.8 Å². The number of nitrogens with one attached hydrogen (secondary N) is 1. The fourth-order valence-electron chi connectivity index (χ4n) is 4.99. The number of fused-ring (bicyclic) bond motifs is 3. The fraction of sp³-hybridized carbons (Fsp3) is 0.241. The summed E-state index contributed by atoms with van der Waals surface area (Å²) in [5.41, 5.74) is 1.63. The molecule has 2 heterocycles. The number of phenols is 2. The SMILES string of the molecule is CC(=O)c1c(O)c(C)c(O)c2c1OC1=CC(=O)/C(=C(/C)NCc3cccc(-c4nc(C)cs4)c3)C(=O)[C@@]12C. The number of allylic oxidation sites excluding steroid dienone is 4. The van der Waals surface area contributed by atoms with Crippen LogP contribution < -0.4 is 10.1 Å². The molecule has 3 N–H and O–H groups in total. The lowest BCUT2D eigenvalue weighted by Gasteiger charge is -2.29. The summed E-state index contributed by atoms with van der Waals surface area (Å²) in [6, 6.07) is 7.85. The van der Waals surface area contributed by atoms with Gasteiger partial charge in [-0.05, 0) is 46.2 Å². The second-order valence-corrected chi connectivity index (χ2v) is 10.6. The number of thiazole rings is 1. The van der Waals surface area contributed by atoms with Gasteiger partial charge in [-0.2, -0.15) is 0 Å². The summed E-state index contributed by atoms with van der Waals surface area (Å²) in [5, 5.41) is 27.5. The van der Waals surface area contributed by atoms with Gasteiger partial charge in [-0.25, -0.2) is 4.98 Å². The lowest BCUT2D eigenvalue weighted by molar-refractivity contribution is -0.123. The number of phenolic OH excluding ortho intramolecular Hbond substituents is 2. The number of nitrogens with zero attached hydrogens (tertiary/aromatic N) is 1. The van der Waals surface area contributed by atoms with Crippen LogP contribution in [0.3, 0.4) is 0 Å². The van der Waals surface area contributed by atoms with E-state index in [4.69, 9.17) is 4.74 Å². The molecule has 38 heavy (non-hydrogen) atoms. The highest BCUT2D eigenvalue weighted by Crippen LogP contribution is 2.57. The Balaban J connectivity index is 1.51. The minimum atomic E-state index is -1.54. The molecule has 1 aliphatic carbocycles. The van der Waals surface area contributed by atoms with Gasteiger partial charge in [0.05, 0.1) is 11.1 Å². The third kappa shape index (κ3) is 3.73. The van der Waals surface area contributed by atoms with Crippen molar-refractivity contribution < 1.29 is 29.3 Å². The molecular weight excluding hydrogens is 504 g/mol. The van der Waals surface area contributed by atoms with E-state index in [2.05, 4.69) is 10.3 Å². The number of carbonyl (C=O) groups excluding carboxylic acids is 3. The van der Waals surface area contributed by atoms with E-state index in [0.29, 0.717) is 12.2 Å². The number of ether oxygens (including phenoxy) is 1. The lowest BCUT2D eigenvalue weighted by Crippen LogP contribution is -2.41. The minimum Gasteiger partial charge on any atom is -0.507 e. The number of rotatable bonds is 5. The van der Waals surface area contributed by atoms with Crippen LogP contribution in [0, 0.1) is 13.8 Å². The summed E-state index contributed by atoms with van der Waals surface area (Å²) in [7, 11) is 0. The maximum absolute atomic E-state index is 13.9. The Bertz CT molecular complexity index is 1630. The van der Waals surface area contributed by atoms with Gasteiger partial charge >= 0.3 is 0 Å². The number of ketones is 3. The van der Waals surface area contributed by atoms with Crippen LogP contribution >= 0.6 is 11.3 Å². The van der Waals surface area contributed by atoms with Crippen molar-refractivity contribution in [3.05, 3.63) is 80.7 Å². The van der Waals surface area contributed by atoms with Gasteiger partial charge in [-0.1, -0.05) is 18.2 Å². The van der Waals surface area contributed by atoms with Crippen LogP contribution in [0.2, 0.25) is 0 Å². The lowest BCUT2D eigenvalue weighted by atomic mass is 9.70. The van der Waals surface area contributed by atoms with E-state index in [-0.39, 0.29) is 39.5 Å². The molecule has 5 rings (SSSR count). The Hall–Kier alpha value is -4.24. The molecule has 0 amide bonds. The molecular formula is C29H26N2O6S. The van der Waals surface area contributed by atoms with E-state index < -0.39 is 28.5 Å². The molecule has 0 saturated carbocycles. The van der Waals surface area contributed by atoms with Crippen LogP contribution in [-0.2, 0) is 21.5 Å². The molecule has 3 aromatic rings. The highest BCUT2D eigenvalue weighted by molar-refractivity contribution is 7.13. The van der Waals surface area contributed by atoms with Crippen molar-refractivity contribution in [3.63, 3.8) is 0 Å². The molecule has 0 saturated heterocycles. The Morgan fingerprint density at radius 3 is 2.55 bits per heavy atom. The molecule has 0 unspecified atom stereocenters. The zero-order chi connectivity index (χ0) is 27.5. The largest absolute Gasteiger partial charge is 0.507 e. The van der Waals surface area contributed by atoms with Gasteiger partial charge in [-0.15, -0.1) is 11.3 Å². The van der Waals surface area contributed by atoms with Gasteiger partial charge in [0, 0.05) is 40.5 Å². The molecule has 0 spiro atoms. The molecule has 1 atom stereocenters. The van der Waals surface area contributed by atoms with E-state index in [1.165, 1.54) is 19.9 Å². The fourth-order valence-corrected chi connectivity index (χ4v) is 5.78. The molecule has 2 aliphatic rings. The average Bonchev–Trinajstić information content (AvgIpc) is 3.43. The topological polar surface area (TPSA) is 126 Å². The quantitative estimate of drug-likeness (QED) is 0.244. The number of Topliss-reactive ketones (excluding diaryl/α,β-unsaturated/α-hetero) is 2. The summed E-state index contributed by atoms with van der Waals surface area (Å²) in [5.74, 6) is -2.47. The van der Waals surface area contributed by atoms with Crippen molar-refractivity contribution in [1.29, 1.82) is 0 Å². The second kappa shape index (κ2) is 8.95. The molecule has 8 nitrogen and oxygen atoms in total. The Morgan fingerprint density at radius 1 is 1.16 bits per heavy atom. The van der Waals surface area contributed by atoms with Crippen LogP contribution in [0.15, 0.2) is 52.8 Å². The second-order valence-electron chi connectivity index (χ2n) is 9.73. The van der Waals surface area contributed by atoms with Crippen molar-refractivity contribution in [3.8, 4) is 27.8 Å². The van der Waals surface area contributed by atoms with E-state index >= 15 is 0 Å². The highest BCUT2D eigenvalue weighted by atomic mass is 32.1. The predicted molar refractivity (Wildman–Crippen MR) is 142 cm³/mol. The summed E-state index contributed by atoms with van der Waals surface area (Å²) in [4.78, 5) is 43.9. The first-order valence-corrected chi connectivity index (χ1v) is 12.9. The van der Waals surface area contributed by atoms with Gasteiger partial charge in [0.25, 0.3) is 0 Å². The first-order chi connectivity index (χ1) is 17.9. The zero-order valence-electron chi connectivity index (χ0n) is 21.6. The first-order valence-electron chi connectivity index (χ1n) is 12.0. The maximum Gasteiger partial charge on any atom is 0.194 e. The third-order valence-corrected chi connectivity index (χ3v) is 8.12. The summed E-state index contributed by atoms with van der Waals surface area (Å²) in [6.07, 6.45) is 1.21. The Labute approximate surface area is 223 Å². The molecule has 1 aromatic heterocycles. The standard InChI is InChI=1S/C29H26N2O6S/c1-13-12-38-28(31-13)18-8-6-7-17(9-18)11-30-15(3)21-19(33)10-20-29(5,27(21)36)23-25(35)14(2)24(34)22(16(4)32)26(23)37-20/h6-10,12,30,34-35H,11H2,1-5H3/b21-15+/t29-/m0/s1. The maximum atomic E-state index is 13.9. The number of benzene rings is 2. The van der Waals surface area contributed by atoms with Crippen LogP contribution in [0.1, 0.15) is 53.5 Å². The minimum absolute atomic E-state index is 0.00768. The normalized spacial score (nSPS) is 19.4. The van der Waals surface area contributed by atoms with Crippen LogP contribution in [0.25, 0.3) is 10.6 Å². The number of aryl methyl sites for hydroxylation is 1. The molecule has 2 aromatic carbocycles. The molecule has 1 aliphatic heterocycles. The molecule has 194 valence electrons. The van der Waals surface area contributed by atoms with Gasteiger partial charge in [0.2, 0.25) is 0 Å². The van der Waals surface area contributed by atoms with Crippen molar-refractivity contribution >= 4 is 28.7 Å². The summed E-state index contributed by atoms with van der Waals surface area (Å²) < 4.78 is 5.81. The first kappa shape index (κ1) is 25.4. The number of hydrogen-bond donors (Lipinski definition) is 3. The number of carbonyl (C=O) groups is 3. The van der Waals surface area contributed by atoms with E-state index in [1.54, 1.807) is 25.2 Å². The molecule has 0 radical (unpaired) electrons. The monoisotopic (exact) mass is 530 g/mol. The number of aromatic hydroxyl groups is 2. The van der Waals surface area contributed by atoms with Crippen LogP contribution in [0.4, 0.5) is 0 Å². The Morgan fingerprint density at radius 2 is 1.89 bits per heavy atom. The third-order valence-electron chi connectivity index (χ3n) is 7.11. The molecule has 0 bridgehead atoms. The van der Waals surface area contributed by atoms with Crippen LogP contribution in [0.5, 0.6) is 17.2 Å². The smallest absolute Gasteiger partial charge is 0.194 e. The average molecular weight is 531 g/mol. The van der Waals surface area contributed by atoms with Gasteiger partial charge in [-0.3, -0.25) is 14.4 Å². The summed E-state index contributed by atoms with van der Waals surface area (Å²) in [6.45, 7) is 8.21. The van der Waals surface area contributed by atoms with Crippen molar-refractivity contribution in [2.24, 2.45) is 0 Å².